The first-order valence-electron chi connectivity index (χ1n) is 13.0. The van der Waals surface area contributed by atoms with Gasteiger partial charge in [0.25, 0.3) is 0 Å². The molecule has 2 heteroatoms. The van der Waals surface area contributed by atoms with Crippen LogP contribution in [0.4, 0.5) is 0 Å². The van der Waals surface area contributed by atoms with Crippen LogP contribution in [0.3, 0.4) is 0 Å². The summed E-state index contributed by atoms with van der Waals surface area (Å²) < 4.78 is 0. The highest BCUT2D eigenvalue weighted by Gasteiger charge is 2.29. The molecule has 0 N–H and O–H groups in total. The molecule has 0 atom stereocenters. The third-order valence-electron chi connectivity index (χ3n) is 7.09. The Bertz CT molecular complexity index is 1510. The second-order valence-corrected chi connectivity index (χ2v) is 12.8. The molecular weight excluding hydrogens is 462 g/mol. The smallest absolute Gasteiger partial charge is 0.109 e. The van der Waals surface area contributed by atoms with Crippen molar-refractivity contribution < 1.29 is 0 Å². The predicted octanol–water partition coefficient (Wildman–Crippen LogP) is 7.96. The van der Waals surface area contributed by atoms with E-state index in [-0.39, 0.29) is 14.6 Å². The molecule has 0 bridgehead atoms. The Hall–Kier alpha value is -3.41. The number of hydrogen-bond acceptors (Lipinski definition) is 0. The van der Waals surface area contributed by atoms with E-state index in [0.717, 1.165) is 6.16 Å². The van der Waals surface area contributed by atoms with Gasteiger partial charge in [0.2, 0.25) is 6.71 Å². The van der Waals surface area contributed by atoms with Gasteiger partial charge in [-0.15, -0.1) is 7.92 Å². The van der Waals surface area contributed by atoms with Gasteiger partial charge in [-0.2, -0.15) is 0 Å². The van der Waals surface area contributed by atoms with Crippen LogP contribution in [0.2, 0.25) is 0 Å². The fraction of sp³-hybridized carbons (Fsp3) is 0.143. The van der Waals surface area contributed by atoms with E-state index in [1.165, 1.54) is 55.0 Å². The van der Waals surface area contributed by atoms with Crippen molar-refractivity contribution in [1.29, 1.82) is 0 Å². The van der Waals surface area contributed by atoms with Crippen molar-refractivity contribution in [2.45, 2.75) is 13.8 Å². The average Bonchev–Trinajstić information content (AvgIpc) is 2.92. The third kappa shape index (κ3) is 5.79. The quantitative estimate of drug-likeness (QED) is 0.122. The zero-order valence-electron chi connectivity index (χ0n) is 22.3. The monoisotopic (exact) mass is 496 g/mol. The van der Waals surface area contributed by atoms with Crippen LogP contribution in [0.1, 0.15) is 22.3 Å². The molecule has 0 fully saturated rings. The van der Waals surface area contributed by atoms with Crippen LogP contribution in [0.15, 0.2) is 121 Å². The van der Waals surface area contributed by atoms with Crippen LogP contribution in [0, 0.1) is 13.8 Å². The van der Waals surface area contributed by atoms with Crippen molar-refractivity contribution in [3.05, 3.63) is 144 Å². The Labute approximate surface area is 223 Å². The lowest BCUT2D eigenvalue weighted by Gasteiger charge is -2.26. The Morgan fingerprint density at radius 1 is 0.568 bits per heavy atom. The summed E-state index contributed by atoms with van der Waals surface area (Å²) >= 11 is 0. The van der Waals surface area contributed by atoms with Gasteiger partial charge < -0.3 is 0 Å². The second-order valence-electron chi connectivity index (χ2n) is 10.3. The minimum absolute atomic E-state index is 0.134. The van der Waals surface area contributed by atoms with Crippen LogP contribution in [0.5, 0.6) is 0 Å². The maximum Gasteiger partial charge on any atom is 0.242 e. The van der Waals surface area contributed by atoms with Crippen LogP contribution in [0.25, 0.3) is 21.8 Å². The van der Waals surface area contributed by atoms with Crippen molar-refractivity contribution in [2.75, 3.05) is 19.5 Å². The molecule has 182 valence electrons. The van der Waals surface area contributed by atoms with Gasteiger partial charge in [-0.1, -0.05) is 143 Å². The van der Waals surface area contributed by atoms with Crippen molar-refractivity contribution >= 4 is 47.4 Å². The fourth-order valence-electron chi connectivity index (χ4n) is 5.21. The van der Waals surface area contributed by atoms with E-state index in [0.29, 0.717) is 0 Å². The lowest BCUT2D eigenvalue weighted by molar-refractivity contribution is 1.44. The number of rotatable bonds is 7. The minimum Gasteiger partial charge on any atom is -0.109 e. The second kappa shape index (κ2) is 11.3. The van der Waals surface area contributed by atoms with Crippen molar-refractivity contribution in [3.8, 4) is 0 Å². The number of hydrogen-bond donors (Lipinski definition) is 0. The summed E-state index contributed by atoms with van der Waals surface area (Å²) in [7, 11) is -0.154. The van der Waals surface area contributed by atoms with E-state index >= 15 is 0 Å². The molecule has 0 aliphatic carbocycles. The minimum atomic E-state index is -0.154. The highest BCUT2D eigenvalue weighted by Crippen LogP contribution is 2.38. The van der Waals surface area contributed by atoms with Gasteiger partial charge in [0.1, 0.15) is 0 Å². The summed E-state index contributed by atoms with van der Waals surface area (Å²) in [6.45, 7) is 9.26. The van der Waals surface area contributed by atoms with E-state index in [9.17, 15) is 0 Å². The SMILES string of the molecule is Cc1ccc(B(/C(=C(\CP(C)C)c2ccc(C)cc2)c2ccc3ccccc3c2)c2ccccc2)cc1. The van der Waals surface area contributed by atoms with Gasteiger partial charge >= 0.3 is 0 Å². The molecule has 0 radical (unpaired) electrons. The molecule has 0 nitrogen and oxygen atoms in total. The fourth-order valence-corrected chi connectivity index (χ4v) is 6.19. The molecule has 0 aromatic heterocycles. The summed E-state index contributed by atoms with van der Waals surface area (Å²) in [6.07, 6.45) is 1.08. The molecule has 5 aromatic rings. The summed E-state index contributed by atoms with van der Waals surface area (Å²) in [6, 6.07) is 45.1. The van der Waals surface area contributed by atoms with Crippen molar-refractivity contribution in [2.24, 2.45) is 0 Å². The highest BCUT2D eigenvalue weighted by molar-refractivity contribution is 7.56. The number of aryl methyl sites for hydroxylation is 2. The van der Waals surface area contributed by atoms with Crippen LogP contribution in [-0.4, -0.2) is 26.2 Å². The summed E-state index contributed by atoms with van der Waals surface area (Å²) in [5.74, 6) is 0. The van der Waals surface area contributed by atoms with Crippen molar-refractivity contribution in [3.63, 3.8) is 0 Å². The van der Waals surface area contributed by atoms with Gasteiger partial charge in [-0.3, -0.25) is 0 Å². The van der Waals surface area contributed by atoms with Crippen LogP contribution in [-0.2, 0) is 0 Å². The summed E-state index contributed by atoms with van der Waals surface area (Å²) in [4.78, 5) is 0. The zero-order valence-corrected chi connectivity index (χ0v) is 23.2. The van der Waals surface area contributed by atoms with Gasteiger partial charge in [0, 0.05) is 0 Å². The first-order chi connectivity index (χ1) is 18.0. The van der Waals surface area contributed by atoms with Crippen LogP contribution >= 0.6 is 7.92 Å². The lowest BCUT2D eigenvalue weighted by Crippen LogP contribution is -2.44. The molecule has 0 amide bonds. The van der Waals surface area contributed by atoms with Gasteiger partial charge in [-0.05, 0) is 66.9 Å². The van der Waals surface area contributed by atoms with E-state index < -0.39 is 0 Å². The molecule has 0 aliphatic rings. The van der Waals surface area contributed by atoms with Crippen molar-refractivity contribution in [1.82, 2.24) is 0 Å². The Morgan fingerprint density at radius 3 is 1.76 bits per heavy atom. The molecule has 0 aliphatic heterocycles. The summed E-state index contributed by atoms with van der Waals surface area (Å²) in [5.41, 5.74) is 10.8. The number of fused-ring (bicyclic) bond motifs is 1. The Kier molecular flexibility index (Phi) is 7.73. The largest absolute Gasteiger partial charge is 0.242 e. The van der Waals surface area contributed by atoms with E-state index in [4.69, 9.17) is 0 Å². The standard InChI is InChI=1S/C35H34BP/c1-26-14-18-29(19-15-26)34(25-37(3)4)35(31-21-20-28-10-8-9-11-30(28)24-31)36(32-12-6-5-7-13-32)33-22-16-27(2)17-23-33/h5-24H,25H2,1-4H3/b35-34+. The molecule has 0 saturated carbocycles. The molecule has 0 spiro atoms. The average molecular weight is 496 g/mol. The van der Waals surface area contributed by atoms with E-state index in [1.54, 1.807) is 0 Å². The summed E-state index contributed by atoms with van der Waals surface area (Å²) in [5, 5.41) is 2.56. The molecular formula is C35H34BP. The van der Waals surface area contributed by atoms with Gasteiger partial charge in [0.05, 0.1) is 0 Å². The predicted molar refractivity (Wildman–Crippen MR) is 168 cm³/mol. The highest BCUT2D eigenvalue weighted by atomic mass is 31.1. The molecule has 0 saturated heterocycles. The third-order valence-corrected chi connectivity index (χ3v) is 8.04. The Balaban J connectivity index is 1.87. The maximum absolute atomic E-state index is 2.40. The zero-order chi connectivity index (χ0) is 25.8. The molecule has 37 heavy (non-hydrogen) atoms. The van der Waals surface area contributed by atoms with E-state index in [1.807, 2.05) is 0 Å². The molecule has 0 heterocycles. The molecule has 5 rings (SSSR count). The normalized spacial score (nSPS) is 12.0. The molecule has 5 aromatic carbocycles. The van der Waals surface area contributed by atoms with Gasteiger partial charge in [0.15, 0.2) is 0 Å². The van der Waals surface area contributed by atoms with E-state index in [2.05, 4.69) is 149 Å². The topological polar surface area (TPSA) is 0 Å². The Morgan fingerprint density at radius 2 is 1.11 bits per heavy atom. The first-order valence-corrected chi connectivity index (χ1v) is 15.5. The maximum atomic E-state index is 2.40. The first kappa shape index (κ1) is 25.3. The van der Waals surface area contributed by atoms with Crippen LogP contribution < -0.4 is 10.9 Å². The lowest BCUT2D eigenvalue weighted by atomic mass is 9.34. The molecule has 0 unspecified atom stereocenters. The number of benzene rings is 5. The van der Waals surface area contributed by atoms with Gasteiger partial charge in [-0.25, -0.2) is 0 Å². The number of allylic oxidation sites excluding steroid dienone is 1.